The van der Waals surface area contributed by atoms with Crippen LogP contribution in [0.15, 0.2) is 91.4 Å². The van der Waals surface area contributed by atoms with Gasteiger partial charge in [0.2, 0.25) is 0 Å². The molecule has 3 aliphatic rings. The number of hydrogen-bond donors (Lipinski definition) is 4. The monoisotopic (exact) mass is 584 g/mol. The van der Waals surface area contributed by atoms with Crippen molar-refractivity contribution in [2.75, 3.05) is 21.3 Å². The third-order valence-corrected chi connectivity index (χ3v) is 8.32. The summed E-state index contributed by atoms with van der Waals surface area (Å²) >= 11 is 0. The van der Waals surface area contributed by atoms with Crippen molar-refractivity contribution in [3.8, 4) is 11.3 Å². The smallest absolute Gasteiger partial charge is 0.152 e. The standard InChI is InChI=1S/C12H13N3.C11H12N4.C11H11N3/c1-15-12-7-6-9-4-2-3-5-10(9)14-11(12)8-13-15;1-15-11-10(7-13-15)12-6-8-4-2-3-5-9(8)14-11;1-14-11-8(7-13-14)6-12-10-5-3-2-4-9(10)11/h2-5,8,14H,6-7H2,1H3;2-5,7,12,14H,6H2,1H3;2-5,7,12H,6H2,1H3. The van der Waals surface area contributed by atoms with Crippen molar-refractivity contribution in [3.63, 3.8) is 0 Å². The molecule has 0 spiro atoms. The van der Waals surface area contributed by atoms with Crippen molar-refractivity contribution < 1.29 is 0 Å². The van der Waals surface area contributed by atoms with Crippen molar-refractivity contribution in [3.05, 3.63) is 114 Å². The summed E-state index contributed by atoms with van der Waals surface area (Å²) in [6.45, 7) is 1.71. The Hall–Kier alpha value is -5.51. The summed E-state index contributed by atoms with van der Waals surface area (Å²) in [5.41, 5.74) is 13.4. The molecule has 4 N–H and O–H groups in total. The second-order valence-corrected chi connectivity index (χ2v) is 11.1. The highest BCUT2D eigenvalue weighted by Gasteiger charge is 2.19. The Balaban J connectivity index is 0.000000107. The third-order valence-electron chi connectivity index (χ3n) is 8.32. The molecule has 0 fully saturated rings. The summed E-state index contributed by atoms with van der Waals surface area (Å²) in [5.74, 6) is 1.01. The Morgan fingerprint density at radius 3 is 1.98 bits per heavy atom. The number of nitrogens with one attached hydrogen (secondary N) is 4. The molecule has 0 amide bonds. The van der Waals surface area contributed by atoms with Gasteiger partial charge >= 0.3 is 0 Å². The van der Waals surface area contributed by atoms with Crippen LogP contribution in [0.25, 0.3) is 11.3 Å². The molecule has 0 aliphatic carbocycles. The molecule has 0 bridgehead atoms. The fourth-order valence-electron chi connectivity index (χ4n) is 5.95. The molecule has 3 aromatic heterocycles. The van der Waals surface area contributed by atoms with Crippen molar-refractivity contribution in [2.24, 2.45) is 21.1 Å². The van der Waals surface area contributed by atoms with Crippen LogP contribution in [0.3, 0.4) is 0 Å². The van der Waals surface area contributed by atoms with Gasteiger partial charge in [0, 0.05) is 62.4 Å². The van der Waals surface area contributed by atoms with Gasteiger partial charge in [0.1, 0.15) is 0 Å². The Labute approximate surface area is 256 Å². The average Bonchev–Trinajstić information content (AvgIpc) is 3.62. The maximum absolute atomic E-state index is 4.27. The summed E-state index contributed by atoms with van der Waals surface area (Å²) in [7, 11) is 5.92. The first-order valence-electron chi connectivity index (χ1n) is 14.9. The molecular formula is C34H36N10. The highest BCUT2D eigenvalue weighted by Crippen LogP contribution is 2.35. The van der Waals surface area contributed by atoms with E-state index in [1.807, 2.05) is 65.9 Å². The number of anilines is 6. The molecule has 222 valence electrons. The van der Waals surface area contributed by atoms with E-state index in [0.717, 1.165) is 48.8 Å². The van der Waals surface area contributed by atoms with Crippen LogP contribution in [-0.2, 0) is 47.1 Å². The predicted molar refractivity (Wildman–Crippen MR) is 177 cm³/mol. The van der Waals surface area contributed by atoms with Crippen LogP contribution in [0.5, 0.6) is 0 Å². The van der Waals surface area contributed by atoms with Crippen LogP contribution in [0, 0.1) is 0 Å². The Kier molecular flexibility index (Phi) is 7.23. The minimum Gasteiger partial charge on any atom is -0.380 e. The third kappa shape index (κ3) is 5.26. The normalized spacial score (nSPS) is 13.2. The van der Waals surface area contributed by atoms with E-state index in [-0.39, 0.29) is 0 Å². The summed E-state index contributed by atoms with van der Waals surface area (Å²) in [6.07, 6.45) is 7.80. The highest BCUT2D eigenvalue weighted by molar-refractivity contribution is 5.80. The SMILES string of the molecule is Cn1ncc2c1-c1ccccc1NC2.Cn1ncc2c1CCc1ccccc1N2.Cn1ncc2c1Nc1ccccc1CN2. The molecule has 10 heteroatoms. The number of aryl methyl sites for hydroxylation is 4. The zero-order valence-electron chi connectivity index (χ0n) is 25.2. The van der Waals surface area contributed by atoms with Crippen LogP contribution in [0.4, 0.5) is 34.3 Å². The van der Waals surface area contributed by atoms with E-state index in [4.69, 9.17) is 0 Å². The molecule has 44 heavy (non-hydrogen) atoms. The van der Waals surface area contributed by atoms with Gasteiger partial charge in [-0.3, -0.25) is 14.0 Å². The van der Waals surface area contributed by atoms with Gasteiger partial charge in [-0.15, -0.1) is 0 Å². The lowest BCUT2D eigenvalue weighted by molar-refractivity contribution is 0.706. The molecule has 10 nitrogen and oxygen atoms in total. The van der Waals surface area contributed by atoms with Crippen LogP contribution in [0.2, 0.25) is 0 Å². The van der Waals surface area contributed by atoms with Gasteiger partial charge in [0.15, 0.2) is 5.82 Å². The Bertz CT molecular complexity index is 1930. The zero-order valence-corrected chi connectivity index (χ0v) is 25.2. The summed E-state index contributed by atoms with van der Waals surface area (Å²) in [6, 6.07) is 25.1. The van der Waals surface area contributed by atoms with Crippen molar-refractivity contribution in [2.45, 2.75) is 25.9 Å². The topological polar surface area (TPSA) is 102 Å². The molecule has 0 saturated carbocycles. The quantitative estimate of drug-likeness (QED) is 0.165. The number of nitrogens with zero attached hydrogens (tertiary/aromatic N) is 6. The predicted octanol–water partition coefficient (Wildman–Crippen LogP) is 6.36. The number of fused-ring (bicyclic) bond motifs is 7. The molecule has 6 heterocycles. The fraction of sp³-hybridized carbons (Fsp3) is 0.206. The first-order valence-corrected chi connectivity index (χ1v) is 14.9. The van der Waals surface area contributed by atoms with E-state index in [2.05, 4.69) is 97.2 Å². The Morgan fingerprint density at radius 2 is 1.14 bits per heavy atom. The highest BCUT2D eigenvalue weighted by atomic mass is 15.3. The molecule has 0 atom stereocenters. The lowest BCUT2D eigenvalue weighted by Crippen LogP contribution is -2.08. The number of benzene rings is 3. The first kappa shape index (κ1) is 27.3. The summed E-state index contributed by atoms with van der Waals surface area (Å²) < 4.78 is 5.73. The number of rotatable bonds is 0. The van der Waals surface area contributed by atoms with Gasteiger partial charge in [-0.05, 0) is 42.2 Å². The van der Waals surface area contributed by atoms with Crippen LogP contribution in [0.1, 0.15) is 22.4 Å². The largest absolute Gasteiger partial charge is 0.380 e. The lowest BCUT2D eigenvalue weighted by Gasteiger charge is -2.18. The van der Waals surface area contributed by atoms with Crippen molar-refractivity contribution >= 4 is 34.3 Å². The van der Waals surface area contributed by atoms with Crippen LogP contribution >= 0.6 is 0 Å². The van der Waals surface area contributed by atoms with Gasteiger partial charge in [0.25, 0.3) is 0 Å². The van der Waals surface area contributed by atoms with E-state index in [0.29, 0.717) is 0 Å². The van der Waals surface area contributed by atoms with E-state index in [9.17, 15) is 0 Å². The van der Waals surface area contributed by atoms with Gasteiger partial charge in [-0.2, -0.15) is 15.3 Å². The fourth-order valence-corrected chi connectivity index (χ4v) is 5.95. The zero-order chi connectivity index (χ0) is 30.0. The molecule has 3 aliphatic heterocycles. The molecule has 0 saturated heterocycles. The second-order valence-electron chi connectivity index (χ2n) is 11.1. The van der Waals surface area contributed by atoms with E-state index >= 15 is 0 Å². The lowest BCUT2D eigenvalue weighted by atomic mass is 10.0. The number of hydrogen-bond acceptors (Lipinski definition) is 7. The number of aromatic nitrogens is 6. The molecule has 0 radical (unpaired) electrons. The molecule has 0 unspecified atom stereocenters. The maximum Gasteiger partial charge on any atom is 0.152 e. The molecule has 9 rings (SSSR count). The summed E-state index contributed by atoms with van der Waals surface area (Å²) in [4.78, 5) is 0. The summed E-state index contributed by atoms with van der Waals surface area (Å²) in [5, 5.41) is 26.3. The molecule has 3 aromatic carbocycles. The number of para-hydroxylation sites is 3. The second kappa shape index (κ2) is 11.6. The van der Waals surface area contributed by atoms with E-state index in [1.165, 1.54) is 45.0 Å². The first-order chi connectivity index (χ1) is 21.5. The minimum atomic E-state index is 0.835. The van der Waals surface area contributed by atoms with Gasteiger partial charge in [-0.1, -0.05) is 54.6 Å². The van der Waals surface area contributed by atoms with Gasteiger partial charge in [0.05, 0.1) is 41.4 Å². The van der Waals surface area contributed by atoms with Crippen molar-refractivity contribution in [1.82, 2.24) is 29.3 Å². The molecular weight excluding hydrogens is 548 g/mol. The minimum absolute atomic E-state index is 0.835. The van der Waals surface area contributed by atoms with Crippen LogP contribution < -0.4 is 21.3 Å². The maximum atomic E-state index is 4.27. The van der Waals surface area contributed by atoms with E-state index in [1.54, 1.807) is 0 Å². The van der Waals surface area contributed by atoms with Gasteiger partial charge < -0.3 is 21.3 Å². The van der Waals surface area contributed by atoms with Gasteiger partial charge in [-0.25, -0.2) is 0 Å². The van der Waals surface area contributed by atoms with E-state index < -0.39 is 0 Å². The average molecular weight is 585 g/mol. The van der Waals surface area contributed by atoms with Crippen molar-refractivity contribution in [1.29, 1.82) is 0 Å². The molecule has 6 aromatic rings. The van der Waals surface area contributed by atoms with Crippen LogP contribution in [-0.4, -0.2) is 29.3 Å². The Morgan fingerprint density at radius 1 is 0.523 bits per heavy atom.